The Morgan fingerprint density at radius 3 is 2.55 bits per heavy atom. The number of anilines is 2. The van der Waals surface area contributed by atoms with Crippen molar-refractivity contribution in [2.24, 2.45) is 11.3 Å². The van der Waals surface area contributed by atoms with Gasteiger partial charge in [0.05, 0.1) is 22.5 Å². The number of amides is 1. The van der Waals surface area contributed by atoms with Crippen molar-refractivity contribution in [3.8, 4) is 0 Å². The van der Waals surface area contributed by atoms with Crippen LogP contribution in [0.4, 0.5) is 17.3 Å². The third kappa shape index (κ3) is 3.79. The fraction of sp³-hybridized carbons (Fsp3) is 0.455. The van der Waals surface area contributed by atoms with Gasteiger partial charge in [0.15, 0.2) is 0 Å². The average molecular weight is 282 g/mol. The van der Waals surface area contributed by atoms with E-state index in [0.717, 1.165) is 0 Å². The van der Waals surface area contributed by atoms with Gasteiger partial charge in [-0.1, -0.05) is 0 Å². The van der Waals surface area contributed by atoms with Crippen LogP contribution >= 0.6 is 0 Å². The molecule has 0 fully saturated rings. The molecule has 1 rings (SSSR count). The summed E-state index contributed by atoms with van der Waals surface area (Å²) in [5, 5.41) is 16.2. The molecule has 0 saturated carbocycles. The molecule has 0 aliphatic heterocycles. The lowest BCUT2D eigenvalue weighted by atomic mass is 9.92. The summed E-state index contributed by atoms with van der Waals surface area (Å²) in [6.07, 6.45) is 0. The normalized spacial score (nSPS) is 10.8. The number of carbonyl (C=O) groups is 1. The maximum Gasteiger partial charge on any atom is 0.276 e. The van der Waals surface area contributed by atoms with Crippen LogP contribution < -0.4 is 21.9 Å². The number of hydrazine groups is 1. The summed E-state index contributed by atoms with van der Waals surface area (Å²) < 4.78 is 0. The molecule has 110 valence electrons. The Morgan fingerprint density at radius 1 is 1.45 bits per heavy atom. The molecule has 9 nitrogen and oxygen atoms in total. The molecule has 20 heavy (non-hydrogen) atoms. The molecule has 0 saturated heterocycles. The maximum atomic E-state index is 11.6. The SMILES string of the molecule is CNC(=O)C(C)(C)CNc1cc([N+](=O)[O-])cc(NN)n1. The van der Waals surface area contributed by atoms with Crippen molar-refractivity contribution in [1.82, 2.24) is 10.3 Å². The number of nitrogen functional groups attached to an aromatic ring is 1. The summed E-state index contributed by atoms with van der Waals surface area (Å²) in [4.78, 5) is 25.9. The average Bonchev–Trinajstić information content (AvgIpc) is 2.43. The number of hydrogen-bond donors (Lipinski definition) is 4. The summed E-state index contributed by atoms with van der Waals surface area (Å²) in [6.45, 7) is 3.77. The molecule has 0 unspecified atom stereocenters. The van der Waals surface area contributed by atoms with E-state index in [2.05, 4.69) is 21.0 Å². The van der Waals surface area contributed by atoms with Crippen LogP contribution in [0, 0.1) is 15.5 Å². The minimum Gasteiger partial charge on any atom is -0.369 e. The fourth-order valence-electron chi connectivity index (χ4n) is 1.52. The number of carbonyl (C=O) groups excluding carboxylic acids is 1. The van der Waals surface area contributed by atoms with E-state index in [1.165, 1.54) is 12.1 Å². The Hall–Kier alpha value is -2.42. The number of nitrogens with two attached hydrogens (primary N) is 1. The molecule has 0 bridgehead atoms. The number of rotatable bonds is 6. The molecule has 1 heterocycles. The van der Waals surface area contributed by atoms with Gasteiger partial charge in [0.2, 0.25) is 5.91 Å². The summed E-state index contributed by atoms with van der Waals surface area (Å²) in [7, 11) is 1.55. The van der Waals surface area contributed by atoms with Gasteiger partial charge in [-0.3, -0.25) is 14.9 Å². The molecule has 0 aliphatic carbocycles. The first-order valence-electron chi connectivity index (χ1n) is 5.89. The van der Waals surface area contributed by atoms with Crippen molar-refractivity contribution >= 4 is 23.2 Å². The minimum atomic E-state index is -0.683. The molecule has 0 aliphatic rings. The standard InChI is InChI=1S/C11H18N6O3/c1-11(2,10(18)13-3)6-14-8-4-7(17(19)20)5-9(15-8)16-12/h4-5H,6,12H2,1-3H3,(H,13,18)(H2,14,15,16). The van der Waals surface area contributed by atoms with Crippen molar-refractivity contribution < 1.29 is 9.72 Å². The molecule has 5 N–H and O–H groups in total. The van der Waals surface area contributed by atoms with Crippen LogP contribution in [0.3, 0.4) is 0 Å². The maximum absolute atomic E-state index is 11.6. The van der Waals surface area contributed by atoms with E-state index in [1.807, 2.05) is 0 Å². The highest BCUT2D eigenvalue weighted by Gasteiger charge is 2.26. The molecule has 0 spiro atoms. The summed E-state index contributed by atoms with van der Waals surface area (Å²) >= 11 is 0. The zero-order chi connectivity index (χ0) is 15.3. The predicted molar refractivity (Wildman–Crippen MR) is 75.0 cm³/mol. The van der Waals surface area contributed by atoms with E-state index >= 15 is 0 Å². The zero-order valence-corrected chi connectivity index (χ0v) is 11.6. The van der Waals surface area contributed by atoms with Crippen LogP contribution in [0.25, 0.3) is 0 Å². The molecule has 0 radical (unpaired) electrons. The lowest BCUT2D eigenvalue weighted by molar-refractivity contribution is -0.384. The van der Waals surface area contributed by atoms with E-state index in [1.54, 1.807) is 20.9 Å². The molecular formula is C11H18N6O3. The van der Waals surface area contributed by atoms with Gasteiger partial charge in [-0.2, -0.15) is 0 Å². The highest BCUT2D eigenvalue weighted by atomic mass is 16.6. The van der Waals surface area contributed by atoms with Gasteiger partial charge in [-0.25, -0.2) is 10.8 Å². The minimum absolute atomic E-state index is 0.145. The second kappa shape index (κ2) is 6.15. The molecule has 1 amide bonds. The smallest absolute Gasteiger partial charge is 0.276 e. The number of hydrogen-bond acceptors (Lipinski definition) is 7. The van der Waals surface area contributed by atoms with Gasteiger partial charge in [0.1, 0.15) is 11.6 Å². The lowest BCUT2D eigenvalue weighted by Crippen LogP contribution is -2.39. The second-order valence-corrected chi connectivity index (χ2v) is 4.81. The Kier molecular flexibility index (Phi) is 4.81. The second-order valence-electron chi connectivity index (χ2n) is 4.81. The fourth-order valence-corrected chi connectivity index (χ4v) is 1.52. The first-order chi connectivity index (χ1) is 9.30. The third-order valence-corrected chi connectivity index (χ3v) is 2.72. The van der Waals surface area contributed by atoms with E-state index in [4.69, 9.17) is 5.84 Å². The van der Waals surface area contributed by atoms with Crippen LogP contribution in [-0.4, -0.2) is 29.4 Å². The lowest BCUT2D eigenvalue weighted by Gasteiger charge is -2.23. The largest absolute Gasteiger partial charge is 0.369 e. The summed E-state index contributed by atoms with van der Waals surface area (Å²) in [5.74, 6) is 5.50. The Labute approximate surface area is 116 Å². The zero-order valence-electron chi connectivity index (χ0n) is 11.6. The Bertz CT molecular complexity index is 517. The molecule has 9 heteroatoms. The van der Waals surface area contributed by atoms with Gasteiger partial charge >= 0.3 is 0 Å². The van der Waals surface area contributed by atoms with Crippen LogP contribution in [0.2, 0.25) is 0 Å². The predicted octanol–water partition coefficient (Wildman–Crippen LogP) is 0.459. The number of pyridine rings is 1. The highest BCUT2D eigenvalue weighted by Crippen LogP contribution is 2.22. The Morgan fingerprint density at radius 2 is 2.05 bits per heavy atom. The van der Waals surface area contributed by atoms with Gasteiger partial charge in [0, 0.05) is 13.6 Å². The first kappa shape index (κ1) is 15.6. The summed E-state index contributed by atoms with van der Waals surface area (Å²) in [6, 6.07) is 2.50. The molecular weight excluding hydrogens is 264 g/mol. The molecule has 0 atom stereocenters. The van der Waals surface area contributed by atoms with E-state index in [0.29, 0.717) is 0 Å². The molecule has 0 aromatic carbocycles. The number of nitrogens with zero attached hydrogens (tertiary/aromatic N) is 2. The monoisotopic (exact) mass is 282 g/mol. The first-order valence-corrected chi connectivity index (χ1v) is 5.89. The van der Waals surface area contributed by atoms with Crippen LogP contribution in [0.15, 0.2) is 12.1 Å². The van der Waals surface area contributed by atoms with E-state index in [-0.39, 0.29) is 29.8 Å². The quantitative estimate of drug-likeness (QED) is 0.338. The van der Waals surface area contributed by atoms with Gasteiger partial charge in [-0.15, -0.1) is 0 Å². The van der Waals surface area contributed by atoms with Crippen LogP contribution in [0.5, 0.6) is 0 Å². The highest BCUT2D eigenvalue weighted by molar-refractivity contribution is 5.82. The topological polar surface area (TPSA) is 135 Å². The van der Waals surface area contributed by atoms with Gasteiger partial charge < -0.3 is 16.1 Å². The molecule has 1 aromatic heterocycles. The van der Waals surface area contributed by atoms with E-state index < -0.39 is 10.3 Å². The number of aromatic nitrogens is 1. The summed E-state index contributed by atoms with van der Waals surface area (Å²) in [5.41, 5.74) is 1.43. The number of nitro groups is 1. The van der Waals surface area contributed by atoms with Crippen molar-refractivity contribution in [3.05, 3.63) is 22.2 Å². The van der Waals surface area contributed by atoms with Crippen molar-refractivity contribution in [2.75, 3.05) is 24.3 Å². The van der Waals surface area contributed by atoms with Gasteiger partial charge in [-0.05, 0) is 13.8 Å². The van der Waals surface area contributed by atoms with Crippen molar-refractivity contribution in [1.29, 1.82) is 0 Å². The third-order valence-electron chi connectivity index (χ3n) is 2.72. The van der Waals surface area contributed by atoms with Crippen molar-refractivity contribution in [2.45, 2.75) is 13.8 Å². The van der Waals surface area contributed by atoms with E-state index in [9.17, 15) is 14.9 Å². The molecule has 1 aromatic rings. The van der Waals surface area contributed by atoms with Gasteiger partial charge in [0.25, 0.3) is 5.69 Å². The van der Waals surface area contributed by atoms with Crippen molar-refractivity contribution in [3.63, 3.8) is 0 Å². The van der Waals surface area contributed by atoms with Crippen LogP contribution in [-0.2, 0) is 4.79 Å². The number of nitrogens with one attached hydrogen (secondary N) is 3. The Balaban J connectivity index is 2.90. The van der Waals surface area contributed by atoms with Crippen LogP contribution in [0.1, 0.15) is 13.8 Å².